The van der Waals surface area contributed by atoms with Crippen LogP contribution in [-0.4, -0.2) is 29.3 Å². The van der Waals surface area contributed by atoms with Crippen LogP contribution in [0.5, 0.6) is 0 Å². The van der Waals surface area contributed by atoms with Gasteiger partial charge in [0.15, 0.2) is 0 Å². The van der Waals surface area contributed by atoms with Gasteiger partial charge in [0.1, 0.15) is 6.33 Å². The standard InChI is InChI=1S/C12H13N3O2/c1-17-12(16)15-7-14-11-8-3-2-6-13-9(8)4-5-10(11)15/h4-5,7,13H,2-3,6H2,1H3. The maximum Gasteiger partial charge on any atom is 0.419 e. The van der Waals surface area contributed by atoms with Gasteiger partial charge in [-0.05, 0) is 25.0 Å². The number of fused-ring (bicyclic) bond motifs is 3. The molecule has 1 aliphatic heterocycles. The summed E-state index contributed by atoms with van der Waals surface area (Å²) in [6.07, 6.45) is 3.21. The van der Waals surface area contributed by atoms with Gasteiger partial charge in [0.05, 0.1) is 18.1 Å². The minimum atomic E-state index is -0.406. The Morgan fingerprint density at radius 3 is 3.24 bits per heavy atom. The fourth-order valence-corrected chi connectivity index (χ4v) is 2.29. The van der Waals surface area contributed by atoms with Gasteiger partial charge in [-0.15, -0.1) is 0 Å². The molecule has 0 amide bonds. The highest BCUT2D eigenvalue weighted by Crippen LogP contribution is 2.29. The summed E-state index contributed by atoms with van der Waals surface area (Å²) >= 11 is 0. The number of carbonyl (C=O) groups is 1. The molecule has 2 aromatic rings. The number of hydrogen-bond donors (Lipinski definition) is 1. The van der Waals surface area contributed by atoms with Crippen LogP contribution in [-0.2, 0) is 11.2 Å². The molecule has 88 valence electrons. The van der Waals surface area contributed by atoms with Crippen molar-refractivity contribution in [2.24, 2.45) is 0 Å². The van der Waals surface area contributed by atoms with E-state index in [2.05, 4.69) is 10.3 Å². The van der Waals surface area contributed by atoms with Crippen molar-refractivity contribution in [2.45, 2.75) is 12.8 Å². The number of rotatable bonds is 0. The van der Waals surface area contributed by atoms with Crippen molar-refractivity contribution in [2.75, 3.05) is 19.0 Å². The fourth-order valence-electron chi connectivity index (χ4n) is 2.29. The minimum Gasteiger partial charge on any atom is -0.452 e. The van der Waals surface area contributed by atoms with Crippen molar-refractivity contribution in [1.82, 2.24) is 9.55 Å². The van der Waals surface area contributed by atoms with E-state index in [0.29, 0.717) is 0 Å². The van der Waals surface area contributed by atoms with Crippen LogP contribution in [0.3, 0.4) is 0 Å². The van der Waals surface area contributed by atoms with E-state index < -0.39 is 6.09 Å². The molecule has 0 aliphatic carbocycles. The van der Waals surface area contributed by atoms with Crippen LogP contribution in [0, 0.1) is 0 Å². The first-order valence-electron chi connectivity index (χ1n) is 5.62. The van der Waals surface area contributed by atoms with Crippen molar-refractivity contribution in [3.05, 3.63) is 24.0 Å². The molecular weight excluding hydrogens is 218 g/mol. The van der Waals surface area contributed by atoms with Crippen molar-refractivity contribution in [3.63, 3.8) is 0 Å². The van der Waals surface area contributed by atoms with Crippen LogP contribution in [0.4, 0.5) is 10.5 Å². The Bertz CT molecular complexity index is 589. The molecule has 1 aromatic heterocycles. The van der Waals surface area contributed by atoms with Gasteiger partial charge in [0.2, 0.25) is 0 Å². The summed E-state index contributed by atoms with van der Waals surface area (Å²) < 4.78 is 6.15. The molecule has 0 unspecified atom stereocenters. The van der Waals surface area contributed by atoms with E-state index in [4.69, 9.17) is 4.74 Å². The molecule has 0 bridgehead atoms. The molecule has 3 rings (SSSR count). The van der Waals surface area contributed by atoms with E-state index in [1.165, 1.54) is 23.6 Å². The van der Waals surface area contributed by atoms with Gasteiger partial charge in [-0.2, -0.15) is 0 Å². The van der Waals surface area contributed by atoms with Gasteiger partial charge in [0.25, 0.3) is 0 Å². The predicted molar refractivity (Wildman–Crippen MR) is 64.3 cm³/mol. The lowest BCUT2D eigenvalue weighted by atomic mass is 10.0. The molecule has 0 saturated carbocycles. The van der Waals surface area contributed by atoms with Gasteiger partial charge in [-0.3, -0.25) is 0 Å². The van der Waals surface area contributed by atoms with Crippen LogP contribution >= 0.6 is 0 Å². The number of aromatic nitrogens is 2. The first kappa shape index (κ1) is 10.1. The van der Waals surface area contributed by atoms with Crippen LogP contribution in [0.1, 0.15) is 12.0 Å². The van der Waals surface area contributed by atoms with E-state index in [1.54, 1.807) is 0 Å². The summed E-state index contributed by atoms with van der Waals surface area (Å²) in [4.78, 5) is 15.9. The topological polar surface area (TPSA) is 56.2 Å². The Kier molecular flexibility index (Phi) is 2.24. The van der Waals surface area contributed by atoms with Gasteiger partial charge in [-0.25, -0.2) is 14.3 Å². The second-order valence-corrected chi connectivity index (χ2v) is 4.07. The number of nitrogens with one attached hydrogen (secondary N) is 1. The monoisotopic (exact) mass is 231 g/mol. The summed E-state index contributed by atoms with van der Waals surface area (Å²) in [5.41, 5.74) is 4.01. The Morgan fingerprint density at radius 1 is 1.53 bits per heavy atom. The average molecular weight is 231 g/mol. The summed E-state index contributed by atoms with van der Waals surface area (Å²) in [5.74, 6) is 0. The zero-order valence-corrected chi connectivity index (χ0v) is 9.56. The van der Waals surface area contributed by atoms with E-state index in [0.717, 1.165) is 36.1 Å². The van der Waals surface area contributed by atoms with Crippen molar-refractivity contribution < 1.29 is 9.53 Å². The third-order valence-electron chi connectivity index (χ3n) is 3.11. The average Bonchev–Trinajstić information content (AvgIpc) is 2.82. The molecule has 17 heavy (non-hydrogen) atoms. The Hall–Kier alpha value is -2.04. The number of imidazole rings is 1. The minimum absolute atomic E-state index is 0.406. The second kappa shape index (κ2) is 3.76. The normalized spacial score (nSPS) is 14.2. The molecule has 0 fully saturated rings. The maximum absolute atomic E-state index is 11.5. The SMILES string of the molecule is COC(=O)n1cnc2c3c(ccc21)NCCC3. The first-order chi connectivity index (χ1) is 8.31. The lowest BCUT2D eigenvalue weighted by molar-refractivity contribution is 0.174. The zero-order valence-electron chi connectivity index (χ0n) is 9.56. The van der Waals surface area contributed by atoms with E-state index in [1.807, 2.05) is 12.1 Å². The molecule has 0 atom stereocenters. The first-order valence-corrected chi connectivity index (χ1v) is 5.62. The molecule has 1 aliphatic rings. The predicted octanol–water partition coefficient (Wildman–Crippen LogP) is 2.01. The highest BCUT2D eigenvalue weighted by atomic mass is 16.5. The number of hydrogen-bond acceptors (Lipinski definition) is 4. The summed E-state index contributed by atoms with van der Waals surface area (Å²) in [6, 6.07) is 3.90. The van der Waals surface area contributed by atoms with Crippen molar-refractivity contribution in [3.8, 4) is 0 Å². The lowest BCUT2D eigenvalue weighted by Gasteiger charge is -2.17. The van der Waals surface area contributed by atoms with Crippen molar-refractivity contribution in [1.29, 1.82) is 0 Å². The summed E-state index contributed by atoms with van der Waals surface area (Å²) in [7, 11) is 1.37. The van der Waals surface area contributed by atoms with Gasteiger partial charge >= 0.3 is 6.09 Å². The molecule has 0 saturated heterocycles. The number of aryl methyl sites for hydroxylation is 1. The fraction of sp³-hybridized carbons (Fsp3) is 0.333. The highest BCUT2D eigenvalue weighted by Gasteiger charge is 2.17. The number of ether oxygens (including phenoxy) is 1. The number of anilines is 1. The molecule has 5 nitrogen and oxygen atoms in total. The van der Waals surface area contributed by atoms with Gasteiger partial charge < -0.3 is 10.1 Å². The quantitative estimate of drug-likeness (QED) is 0.753. The third kappa shape index (κ3) is 1.46. The Morgan fingerprint density at radius 2 is 2.41 bits per heavy atom. The smallest absolute Gasteiger partial charge is 0.419 e. The van der Waals surface area contributed by atoms with E-state index in [9.17, 15) is 4.79 Å². The lowest BCUT2D eigenvalue weighted by Crippen LogP contribution is -2.13. The van der Waals surface area contributed by atoms with E-state index in [-0.39, 0.29) is 0 Å². The number of nitrogens with zero attached hydrogens (tertiary/aromatic N) is 2. The number of carbonyl (C=O) groups excluding carboxylic acids is 1. The molecule has 1 aromatic carbocycles. The maximum atomic E-state index is 11.5. The van der Waals surface area contributed by atoms with Crippen LogP contribution in [0.15, 0.2) is 18.5 Å². The molecule has 2 heterocycles. The third-order valence-corrected chi connectivity index (χ3v) is 3.11. The summed E-state index contributed by atoms with van der Waals surface area (Å²) in [6.45, 7) is 0.996. The Balaban J connectivity index is 2.22. The molecular formula is C12H13N3O2. The second-order valence-electron chi connectivity index (χ2n) is 4.07. The highest BCUT2D eigenvalue weighted by molar-refractivity contribution is 5.91. The van der Waals surface area contributed by atoms with E-state index >= 15 is 0 Å². The van der Waals surface area contributed by atoms with Crippen LogP contribution < -0.4 is 5.32 Å². The number of methoxy groups -OCH3 is 1. The van der Waals surface area contributed by atoms with Crippen LogP contribution in [0.2, 0.25) is 0 Å². The Labute approximate surface area is 98.4 Å². The molecule has 1 N–H and O–H groups in total. The van der Waals surface area contributed by atoms with Crippen molar-refractivity contribution >= 4 is 22.8 Å². The molecule has 5 heteroatoms. The molecule has 0 radical (unpaired) electrons. The summed E-state index contributed by atoms with van der Waals surface area (Å²) in [5, 5.41) is 3.34. The largest absolute Gasteiger partial charge is 0.452 e. The van der Waals surface area contributed by atoms with Gasteiger partial charge in [-0.1, -0.05) is 0 Å². The number of benzene rings is 1. The van der Waals surface area contributed by atoms with Crippen LogP contribution in [0.25, 0.3) is 11.0 Å². The van der Waals surface area contributed by atoms with Gasteiger partial charge in [0, 0.05) is 17.8 Å². The zero-order chi connectivity index (χ0) is 11.8. The molecule has 0 spiro atoms.